The number of carbonyl (C=O) groups is 3. The minimum Gasteiger partial charge on any atom is -0.512 e. The molecule has 0 atom stereocenters. The highest BCUT2D eigenvalue weighted by Crippen LogP contribution is 2.39. The van der Waals surface area contributed by atoms with Crippen LogP contribution in [0.4, 0.5) is 0 Å². The molecule has 0 aromatic heterocycles. The Morgan fingerprint density at radius 1 is 0.950 bits per heavy atom. The Balaban J connectivity index is 2.23. The maximum Gasteiger partial charge on any atom is 0.223 e. The second kappa shape index (κ2) is 4.11. The Morgan fingerprint density at radius 3 is 2.00 bits per heavy atom. The smallest absolute Gasteiger partial charge is 0.223 e. The maximum absolute atomic E-state index is 12.4. The van der Waals surface area contributed by atoms with Crippen molar-refractivity contribution < 1.29 is 24.6 Å². The third-order valence-electron chi connectivity index (χ3n) is 3.82. The zero-order valence-electron chi connectivity index (χ0n) is 10.5. The Hall–Kier alpha value is -2.27. The molecular formula is C15H12O5. The summed E-state index contributed by atoms with van der Waals surface area (Å²) >= 11 is 0. The van der Waals surface area contributed by atoms with Crippen molar-refractivity contribution in [3.05, 3.63) is 46.7 Å². The van der Waals surface area contributed by atoms with E-state index in [9.17, 15) is 24.6 Å². The molecule has 0 unspecified atom stereocenters. The van der Waals surface area contributed by atoms with Crippen LogP contribution in [0.5, 0.6) is 0 Å². The van der Waals surface area contributed by atoms with Crippen LogP contribution >= 0.6 is 0 Å². The summed E-state index contributed by atoms with van der Waals surface area (Å²) in [6, 6.07) is 6.01. The lowest BCUT2D eigenvalue weighted by Crippen LogP contribution is -2.47. The van der Waals surface area contributed by atoms with Crippen LogP contribution in [0.1, 0.15) is 40.0 Å². The van der Waals surface area contributed by atoms with Crippen LogP contribution in [0.15, 0.2) is 35.6 Å². The minimum absolute atomic E-state index is 0.0821. The Morgan fingerprint density at radius 2 is 1.50 bits per heavy atom. The first-order valence-corrected chi connectivity index (χ1v) is 6.34. The zero-order chi connectivity index (χ0) is 14.5. The van der Waals surface area contributed by atoms with Crippen LogP contribution in [0.25, 0.3) is 0 Å². The van der Waals surface area contributed by atoms with Crippen molar-refractivity contribution in [2.75, 3.05) is 0 Å². The number of ketones is 3. The summed E-state index contributed by atoms with van der Waals surface area (Å²) in [4.78, 5) is 36.7. The van der Waals surface area contributed by atoms with E-state index in [0.29, 0.717) is 6.42 Å². The summed E-state index contributed by atoms with van der Waals surface area (Å²) < 4.78 is 0. The summed E-state index contributed by atoms with van der Waals surface area (Å²) in [5, 5.41) is 20.5. The van der Waals surface area contributed by atoms with Crippen LogP contribution in [0.2, 0.25) is 0 Å². The van der Waals surface area contributed by atoms with Gasteiger partial charge in [0.25, 0.3) is 0 Å². The van der Waals surface area contributed by atoms with Gasteiger partial charge in [-0.25, -0.2) is 0 Å². The van der Waals surface area contributed by atoms with Gasteiger partial charge in [0.15, 0.2) is 5.78 Å². The summed E-state index contributed by atoms with van der Waals surface area (Å²) in [7, 11) is 0. The number of benzene rings is 1. The normalized spacial score (nSPS) is 21.4. The van der Waals surface area contributed by atoms with Crippen LogP contribution in [-0.2, 0) is 4.79 Å². The van der Waals surface area contributed by atoms with Crippen molar-refractivity contribution in [1.29, 1.82) is 0 Å². The van der Waals surface area contributed by atoms with Gasteiger partial charge in [0, 0.05) is 24.0 Å². The van der Waals surface area contributed by atoms with E-state index in [2.05, 4.69) is 0 Å². The molecule has 2 N–H and O–H groups in total. The lowest BCUT2D eigenvalue weighted by atomic mass is 9.80. The van der Waals surface area contributed by atoms with Gasteiger partial charge in [-0.3, -0.25) is 14.4 Å². The van der Waals surface area contributed by atoms with E-state index in [1.807, 2.05) is 0 Å². The molecule has 5 heteroatoms. The number of aliphatic hydroxyl groups is 2. The molecule has 5 nitrogen and oxygen atoms in total. The van der Waals surface area contributed by atoms with E-state index >= 15 is 0 Å². The average Bonchev–Trinajstić information content (AvgIpc) is 2.62. The van der Waals surface area contributed by atoms with E-state index in [-0.39, 0.29) is 29.7 Å². The molecule has 0 heterocycles. The number of hydrogen-bond donors (Lipinski definition) is 2. The molecule has 1 aromatic rings. The van der Waals surface area contributed by atoms with Crippen molar-refractivity contribution in [3.8, 4) is 0 Å². The zero-order valence-corrected chi connectivity index (χ0v) is 10.5. The molecule has 20 heavy (non-hydrogen) atoms. The molecule has 0 saturated heterocycles. The molecule has 2 aliphatic rings. The van der Waals surface area contributed by atoms with Gasteiger partial charge in [-0.2, -0.15) is 0 Å². The molecule has 0 amide bonds. The summed E-state index contributed by atoms with van der Waals surface area (Å²) in [6.07, 6.45) is 0.735. The van der Waals surface area contributed by atoms with Gasteiger partial charge in [0.05, 0.1) is 5.57 Å². The van der Waals surface area contributed by atoms with E-state index in [0.717, 1.165) is 0 Å². The van der Waals surface area contributed by atoms with E-state index in [1.165, 1.54) is 12.1 Å². The predicted molar refractivity (Wildman–Crippen MR) is 68.6 cm³/mol. The number of rotatable bonds is 1. The first-order valence-electron chi connectivity index (χ1n) is 6.34. The minimum atomic E-state index is -2.56. The Kier molecular flexibility index (Phi) is 2.62. The van der Waals surface area contributed by atoms with Crippen LogP contribution in [-0.4, -0.2) is 33.2 Å². The summed E-state index contributed by atoms with van der Waals surface area (Å²) in [6.45, 7) is 0. The number of hydrogen-bond acceptors (Lipinski definition) is 5. The second-order valence-corrected chi connectivity index (χ2v) is 5.01. The van der Waals surface area contributed by atoms with Gasteiger partial charge in [-0.05, 0) is 6.42 Å². The highest BCUT2D eigenvalue weighted by Gasteiger charge is 2.57. The molecule has 0 spiro atoms. The van der Waals surface area contributed by atoms with Crippen molar-refractivity contribution in [3.63, 3.8) is 0 Å². The monoisotopic (exact) mass is 272 g/mol. The lowest BCUT2D eigenvalue weighted by molar-refractivity contribution is -0.117. The molecule has 0 fully saturated rings. The molecule has 0 bridgehead atoms. The maximum atomic E-state index is 12.4. The van der Waals surface area contributed by atoms with Gasteiger partial charge in [-0.1, -0.05) is 24.3 Å². The SMILES string of the molecule is O=C1CCCC(O)=C1C1(O)C(=O)c2ccccc2C1=O. The molecule has 2 aliphatic carbocycles. The molecular weight excluding hydrogens is 260 g/mol. The summed E-state index contributed by atoms with van der Waals surface area (Å²) in [5.41, 5.74) is -2.85. The lowest BCUT2D eigenvalue weighted by Gasteiger charge is -2.25. The molecule has 0 aliphatic heterocycles. The molecule has 0 saturated carbocycles. The topological polar surface area (TPSA) is 91.7 Å². The van der Waals surface area contributed by atoms with E-state index in [1.54, 1.807) is 12.1 Å². The fourth-order valence-electron chi connectivity index (χ4n) is 2.84. The highest BCUT2D eigenvalue weighted by molar-refractivity contribution is 6.36. The highest BCUT2D eigenvalue weighted by atomic mass is 16.3. The number of fused-ring (bicyclic) bond motifs is 1. The van der Waals surface area contributed by atoms with Gasteiger partial charge in [0.1, 0.15) is 5.76 Å². The van der Waals surface area contributed by atoms with E-state index < -0.39 is 28.5 Å². The first kappa shape index (κ1) is 12.7. The first-order chi connectivity index (χ1) is 9.48. The number of aliphatic hydroxyl groups excluding tert-OH is 1. The molecule has 1 aromatic carbocycles. The fourth-order valence-corrected chi connectivity index (χ4v) is 2.84. The molecule has 0 radical (unpaired) electrons. The number of carbonyl (C=O) groups excluding carboxylic acids is 3. The predicted octanol–water partition coefficient (Wildman–Crippen LogP) is 1.36. The van der Waals surface area contributed by atoms with Gasteiger partial charge >= 0.3 is 0 Å². The van der Waals surface area contributed by atoms with Crippen LogP contribution in [0, 0.1) is 0 Å². The Labute approximate surface area is 114 Å². The largest absolute Gasteiger partial charge is 0.512 e. The van der Waals surface area contributed by atoms with Gasteiger partial charge in [-0.15, -0.1) is 0 Å². The summed E-state index contributed by atoms with van der Waals surface area (Å²) in [5.74, 6) is -2.59. The molecule has 102 valence electrons. The number of allylic oxidation sites excluding steroid dienone is 1. The van der Waals surface area contributed by atoms with Crippen molar-refractivity contribution >= 4 is 17.3 Å². The van der Waals surface area contributed by atoms with Crippen molar-refractivity contribution in [2.45, 2.75) is 24.9 Å². The molecule has 3 rings (SSSR count). The third-order valence-corrected chi connectivity index (χ3v) is 3.82. The third kappa shape index (κ3) is 1.44. The quantitative estimate of drug-likeness (QED) is 0.753. The Bertz CT molecular complexity index is 648. The van der Waals surface area contributed by atoms with E-state index in [4.69, 9.17) is 0 Å². The standard InChI is InChI=1S/C15H12O5/c16-10-6-3-7-11(17)12(10)15(20)13(18)8-4-1-2-5-9(8)14(15)19/h1-2,4-5,16,20H,3,6-7H2. The average molecular weight is 272 g/mol. The second-order valence-electron chi connectivity index (χ2n) is 5.01. The van der Waals surface area contributed by atoms with Gasteiger partial charge < -0.3 is 10.2 Å². The van der Waals surface area contributed by atoms with Crippen molar-refractivity contribution in [1.82, 2.24) is 0 Å². The van der Waals surface area contributed by atoms with Crippen LogP contribution in [0.3, 0.4) is 0 Å². The van der Waals surface area contributed by atoms with Crippen molar-refractivity contribution in [2.24, 2.45) is 0 Å². The number of Topliss-reactive ketones (excluding diaryl/α,β-unsaturated/α-hetero) is 3. The fraction of sp³-hybridized carbons (Fsp3) is 0.267. The van der Waals surface area contributed by atoms with Gasteiger partial charge in [0.2, 0.25) is 17.2 Å². The van der Waals surface area contributed by atoms with Crippen LogP contribution < -0.4 is 0 Å².